The molecule has 2 aromatic heterocycles. The lowest BCUT2D eigenvalue weighted by Crippen LogP contribution is -2.32. The van der Waals surface area contributed by atoms with Crippen LogP contribution < -0.4 is 5.32 Å². The Morgan fingerprint density at radius 3 is 2.71 bits per heavy atom. The van der Waals surface area contributed by atoms with Crippen LogP contribution >= 0.6 is 11.3 Å². The third kappa shape index (κ3) is 2.83. The van der Waals surface area contributed by atoms with Crippen LogP contribution in [-0.2, 0) is 0 Å². The van der Waals surface area contributed by atoms with E-state index in [4.69, 9.17) is 0 Å². The molecule has 1 amide bonds. The number of hydrogen-bond acceptors (Lipinski definition) is 3. The molecule has 5 heteroatoms. The van der Waals surface area contributed by atoms with Gasteiger partial charge in [0.25, 0.3) is 5.91 Å². The van der Waals surface area contributed by atoms with Crippen molar-refractivity contribution in [3.63, 3.8) is 0 Å². The van der Waals surface area contributed by atoms with Gasteiger partial charge in [-0.15, -0.1) is 11.3 Å². The molecule has 0 aliphatic carbocycles. The highest BCUT2D eigenvalue weighted by Crippen LogP contribution is 2.23. The Morgan fingerprint density at radius 1 is 1.24 bits per heavy atom. The number of thiophene rings is 1. The third-order valence-corrected chi connectivity index (χ3v) is 4.27. The number of para-hydroxylation sites is 2. The number of aromatic amines is 1. The predicted molar refractivity (Wildman–Crippen MR) is 85.5 cm³/mol. The number of nitrogens with one attached hydrogen (secondary N) is 2. The number of benzene rings is 1. The number of aromatic nitrogens is 2. The third-order valence-electron chi connectivity index (χ3n) is 3.40. The highest BCUT2D eigenvalue weighted by atomic mass is 32.1. The van der Waals surface area contributed by atoms with Crippen molar-refractivity contribution in [1.29, 1.82) is 0 Å². The second-order valence-corrected chi connectivity index (χ2v) is 6.26. The molecule has 0 fully saturated rings. The fourth-order valence-electron chi connectivity index (χ4n) is 2.29. The van der Waals surface area contributed by atoms with E-state index in [1.54, 1.807) is 0 Å². The summed E-state index contributed by atoms with van der Waals surface area (Å²) in [5.74, 6) is 0.995. The first kappa shape index (κ1) is 13.8. The van der Waals surface area contributed by atoms with Crippen LogP contribution in [0.5, 0.6) is 0 Å². The van der Waals surface area contributed by atoms with Crippen LogP contribution in [0.3, 0.4) is 0 Å². The first-order valence-electron chi connectivity index (χ1n) is 6.94. The number of carbonyl (C=O) groups excluding carboxylic acids is 1. The average molecular weight is 299 g/mol. The highest BCUT2D eigenvalue weighted by molar-refractivity contribution is 7.12. The van der Waals surface area contributed by atoms with Gasteiger partial charge in [-0.25, -0.2) is 4.98 Å². The molecular weight excluding hydrogens is 282 g/mol. The van der Waals surface area contributed by atoms with Crippen molar-refractivity contribution < 1.29 is 4.79 Å². The molecule has 21 heavy (non-hydrogen) atoms. The summed E-state index contributed by atoms with van der Waals surface area (Å²) in [6, 6.07) is 11.5. The van der Waals surface area contributed by atoms with Crippen LogP contribution in [0.25, 0.3) is 11.0 Å². The normalized spacial score (nSPS) is 12.7. The lowest BCUT2D eigenvalue weighted by Gasteiger charge is -2.19. The molecule has 3 rings (SSSR count). The van der Waals surface area contributed by atoms with E-state index >= 15 is 0 Å². The lowest BCUT2D eigenvalue weighted by molar-refractivity contribution is 0.0927. The molecule has 0 saturated carbocycles. The lowest BCUT2D eigenvalue weighted by atomic mass is 10.0. The van der Waals surface area contributed by atoms with E-state index in [-0.39, 0.29) is 17.9 Å². The van der Waals surface area contributed by atoms with Crippen molar-refractivity contribution in [2.45, 2.75) is 19.9 Å². The SMILES string of the molecule is CC(C)C(NC(=O)c1cccs1)c1nc2ccccc2[nH]1. The Labute approximate surface area is 127 Å². The van der Waals surface area contributed by atoms with Crippen LogP contribution in [0.15, 0.2) is 41.8 Å². The quantitative estimate of drug-likeness (QED) is 0.771. The Morgan fingerprint density at radius 2 is 2.05 bits per heavy atom. The molecule has 0 bridgehead atoms. The van der Waals surface area contributed by atoms with Crippen molar-refractivity contribution in [3.05, 3.63) is 52.5 Å². The number of H-pyrrole nitrogens is 1. The Hall–Kier alpha value is -2.14. The van der Waals surface area contributed by atoms with Gasteiger partial charge in [0.15, 0.2) is 0 Å². The van der Waals surface area contributed by atoms with E-state index in [9.17, 15) is 4.79 Å². The Bertz CT molecular complexity index is 713. The molecule has 0 radical (unpaired) electrons. The van der Waals surface area contributed by atoms with Gasteiger partial charge in [-0.3, -0.25) is 4.79 Å². The largest absolute Gasteiger partial charge is 0.341 e. The molecule has 2 heterocycles. The number of rotatable bonds is 4. The molecule has 0 aliphatic heterocycles. The standard InChI is InChI=1S/C16H17N3OS/c1-10(2)14(19-16(20)13-8-5-9-21-13)15-17-11-6-3-4-7-12(11)18-15/h3-10,14H,1-2H3,(H,17,18)(H,19,20). The van der Waals surface area contributed by atoms with Crippen LogP contribution in [-0.4, -0.2) is 15.9 Å². The van der Waals surface area contributed by atoms with Gasteiger partial charge in [-0.2, -0.15) is 0 Å². The van der Waals surface area contributed by atoms with Gasteiger partial charge < -0.3 is 10.3 Å². The van der Waals surface area contributed by atoms with E-state index in [0.29, 0.717) is 0 Å². The number of carbonyl (C=O) groups is 1. The minimum Gasteiger partial charge on any atom is -0.341 e. The van der Waals surface area contributed by atoms with E-state index in [0.717, 1.165) is 21.7 Å². The molecule has 1 atom stereocenters. The van der Waals surface area contributed by atoms with Crippen molar-refractivity contribution in [1.82, 2.24) is 15.3 Å². The fraction of sp³-hybridized carbons (Fsp3) is 0.250. The zero-order valence-corrected chi connectivity index (χ0v) is 12.8. The van der Waals surface area contributed by atoms with Crippen molar-refractivity contribution >= 4 is 28.3 Å². The van der Waals surface area contributed by atoms with Crippen LogP contribution in [0.1, 0.15) is 35.4 Å². The summed E-state index contributed by atoms with van der Waals surface area (Å²) in [5, 5.41) is 4.98. The zero-order chi connectivity index (χ0) is 14.8. The van der Waals surface area contributed by atoms with Gasteiger partial charge in [-0.1, -0.05) is 32.0 Å². The van der Waals surface area contributed by atoms with Gasteiger partial charge in [0.1, 0.15) is 5.82 Å². The van der Waals surface area contributed by atoms with Crippen molar-refractivity contribution in [2.24, 2.45) is 5.92 Å². The Balaban J connectivity index is 1.89. The smallest absolute Gasteiger partial charge is 0.261 e. The van der Waals surface area contributed by atoms with Gasteiger partial charge in [0.05, 0.1) is 22.0 Å². The number of nitrogens with zero attached hydrogens (tertiary/aromatic N) is 1. The summed E-state index contributed by atoms with van der Waals surface area (Å²) in [6.07, 6.45) is 0. The summed E-state index contributed by atoms with van der Waals surface area (Å²) in [5.41, 5.74) is 1.91. The molecule has 2 N–H and O–H groups in total. The molecule has 108 valence electrons. The monoisotopic (exact) mass is 299 g/mol. The van der Waals surface area contributed by atoms with Gasteiger partial charge >= 0.3 is 0 Å². The summed E-state index contributed by atoms with van der Waals surface area (Å²) in [6.45, 7) is 4.15. The minimum atomic E-state index is -0.132. The molecule has 0 saturated heterocycles. The van der Waals surface area contributed by atoms with E-state index in [1.807, 2.05) is 41.8 Å². The summed E-state index contributed by atoms with van der Waals surface area (Å²) >= 11 is 1.44. The van der Waals surface area contributed by atoms with E-state index in [2.05, 4.69) is 29.1 Å². The molecule has 1 aromatic carbocycles. The zero-order valence-electron chi connectivity index (χ0n) is 12.0. The van der Waals surface area contributed by atoms with Gasteiger partial charge in [-0.05, 0) is 29.5 Å². The average Bonchev–Trinajstić information content (AvgIpc) is 3.12. The topological polar surface area (TPSA) is 57.8 Å². The highest BCUT2D eigenvalue weighted by Gasteiger charge is 2.22. The maximum absolute atomic E-state index is 12.3. The first-order valence-corrected chi connectivity index (χ1v) is 7.82. The molecule has 0 spiro atoms. The number of fused-ring (bicyclic) bond motifs is 1. The van der Waals surface area contributed by atoms with Gasteiger partial charge in [0, 0.05) is 0 Å². The maximum Gasteiger partial charge on any atom is 0.261 e. The Kier molecular flexibility index (Phi) is 3.75. The molecule has 3 aromatic rings. The van der Waals surface area contributed by atoms with E-state index < -0.39 is 0 Å². The minimum absolute atomic E-state index is 0.0517. The second-order valence-electron chi connectivity index (χ2n) is 5.31. The number of imidazole rings is 1. The second kappa shape index (κ2) is 5.69. The first-order chi connectivity index (χ1) is 10.1. The summed E-state index contributed by atoms with van der Waals surface area (Å²) in [7, 11) is 0. The maximum atomic E-state index is 12.3. The van der Waals surface area contributed by atoms with Gasteiger partial charge in [0.2, 0.25) is 0 Å². The van der Waals surface area contributed by atoms with E-state index in [1.165, 1.54) is 11.3 Å². The summed E-state index contributed by atoms with van der Waals surface area (Å²) in [4.78, 5) is 20.9. The van der Waals surface area contributed by atoms with Crippen molar-refractivity contribution in [2.75, 3.05) is 0 Å². The molecule has 1 unspecified atom stereocenters. The molecule has 0 aliphatic rings. The van der Waals surface area contributed by atoms with Crippen LogP contribution in [0.2, 0.25) is 0 Å². The van der Waals surface area contributed by atoms with Crippen molar-refractivity contribution in [3.8, 4) is 0 Å². The molecule has 4 nitrogen and oxygen atoms in total. The fourth-order valence-corrected chi connectivity index (χ4v) is 2.92. The van der Waals surface area contributed by atoms with Crippen LogP contribution in [0.4, 0.5) is 0 Å². The van der Waals surface area contributed by atoms with Crippen LogP contribution in [0, 0.1) is 5.92 Å². The predicted octanol–water partition coefficient (Wildman–Crippen LogP) is 3.75. The molecular formula is C16H17N3OS. The number of amides is 1. The summed E-state index contributed by atoms with van der Waals surface area (Å²) < 4.78 is 0. The number of hydrogen-bond donors (Lipinski definition) is 2.